The van der Waals surface area contributed by atoms with Crippen molar-refractivity contribution in [1.29, 1.82) is 0 Å². The SMILES string of the molecule is CC(C)(C)C(CCNC(=O)c1cscn1)CCC(=O)O. The molecular weight excluding hydrogens is 276 g/mol. The Hall–Kier alpha value is -1.43. The van der Waals surface area contributed by atoms with E-state index in [0.29, 0.717) is 18.7 Å². The highest BCUT2D eigenvalue weighted by Crippen LogP contribution is 2.32. The number of amides is 1. The Balaban J connectivity index is 2.42. The minimum atomic E-state index is -0.772. The number of thiazole rings is 1. The molecule has 0 bridgehead atoms. The van der Waals surface area contributed by atoms with Crippen LogP contribution < -0.4 is 5.32 Å². The summed E-state index contributed by atoms with van der Waals surface area (Å²) in [5.74, 6) is -0.683. The van der Waals surface area contributed by atoms with Gasteiger partial charge in [-0.05, 0) is 24.2 Å². The third kappa shape index (κ3) is 5.69. The third-order valence-electron chi connectivity index (χ3n) is 3.37. The predicted octanol–water partition coefficient (Wildman–Crippen LogP) is 2.79. The Morgan fingerprint density at radius 3 is 2.60 bits per heavy atom. The molecule has 0 aliphatic carbocycles. The molecule has 0 spiro atoms. The quantitative estimate of drug-likeness (QED) is 0.811. The van der Waals surface area contributed by atoms with Crippen molar-refractivity contribution in [2.75, 3.05) is 6.54 Å². The lowest BCUT2D eigenvalue weighted by Crippen LogP contribution is -2.30. The number of carbonyl (C=O) groups is 2. The zero-order chi connectivity index (χ0) is 15.2. The number of hydrogen-bond donors (Lipinski definition) is 2. The van der Waals surface area contributed by atoms with E-state index >= 15 is 0 Å². The van der Waals surface area contributed by atoms with E-state index in [1.54, 1.807) is 10.9 Å². The summed E-state index contributed by atoms with van der Waals surface area (Å²) >= 11 is 1.39. The normalized spacial score (nSPS) is 12.9. The van der Waals surface area contributed by atoms with Crippen LogP contribution in [0.2, 0.25) is 0 Å². The number of carboxylic acid groups (broad SMARTS) is 1. The van der Waals surface area contributed by atoms with Crippen LogP contribution in [-0.2, 0) is 4.79 Å². The summed E-state index contributed by atoms with van der Waals surface area (Å²) in [6.07, 6.45) is 1.57. The van der Waals surface area contributed by atoms with Crippen molar-refractivity contribution in [3.05, 3.63) is 16.6 Å². The van der Waals surface area contributed by atoms with E-state index in [2.05, 4.69) is 31.1 Å². The van der Waals surface area contributed by atoms with Crippen LogP contribution in [0, 0.1) is 11.3 Å². The second kappa shape index (κ2) is 7.38. The second-order valence-corrected chi connectivity index (χ2v) is 6.63. The van der Waals surface area contributed by atoms with Crippen LogP contribution in [0.3, 0.4) is 0 Å². The van der Waals surface area contributed by atoms with Crippen LogP contribution in [0.4, 0.5) is 0 Å². The molecular formula is C14H22N2O3S. The van der Waals surface area contributed by atoms with Gasteiger partial charge in [-0.2, -0.15) is 0 Å². The Kier molecular flexibility index (Phi) is 6.13. The number of nitrogens with one attached hydrogen (secondary N) is 1. The summed E-state index contributed by atoms with van der Waals surface area (Å²) in [6, 6.07) is 0. The minimum absolute atomic E-state index is 0.0286. The monoisotopic (exact) mass is 298 g/mol. The van der Waals surface area contributed by atoms with Crippen molar-refractivity contribution in [3.63, 3.8) is 0 Å². The Morgan fingerprint density at radius 2 is 2.10 bits per heavy atom. The van der Waals surface area contributed by atoms with E-state index in [1.807, 2.05) is 0 Å². The number of nitrogens with zero attached hydrogens (tertiary/aromatic N) is 1. The van der Waals surface area contributed by atoms with E-state index in [4.69, 9.17) is 5.11 Å². The van der Waals surface area contributed by atoms with Gasteiger partial charge in [0.15, 0.2) is 0 Å². The van der Waals surface area contributed by atoms with Gasteiger partial charge in [-0.25, -0.2) is 4.98 Å². The molecule has 6 heteroatoms. The summed E-state index contributed by atoms with van der Waals surface area (Å²) in [5.41, 5.74) is 2.09. The maximum Gasteiger partial charge on any atom is 0.303 e. The molecule has 1 heterocycles. The number of aliphatic carboxylic acids is 1. The highest BCUT2D eigenvalue weighted by molar-refractivity contribution is 7.07. The molecule has 0 aliphatic rings. The Bertz CT molecular complexity index is 438. The standard InChI is InChI=1S/C14H22N2O3S/c1-14(2,3)10(4-5-12(17)18)6-7-15-13(19)11-8-20-9-16-11/h8-10H,4-7H2,1-3H3,(H,15,19)(H,17,18). The molecule has 1 atom stereocenters. The van der Waals surface area contributed by atoms with Gasteiger partial charge in [0.1, 0.15) is 5.69 Å². The summed E-state index contributed by atoms with van der Waals surface area (Å²) in [7, 11) is 0. The lowest BCUT2D eigenvalue weighted by atomic mass is 9.76. The number of aromatic nitrogens is 1. The molecule has 112 valence electrons. The molecule has 0 fully saturated rings. The predicted molar refractivity (Wildman–Crippen MR) is 78.9 cm³/mol. The fraction of sp³-hybridized carbons (Fsp3) is 0.643. The van der Waals surface area contributed by atoms with Gasteiger partial charge in [0.05, 0.1) is 5.51 Å². The molecule has 1 rings (SSSR count). The molecule has 1 amide bonds. The number of rotatable bonds is 7. The van der Waals surface area contributed by atoms with Crippen molar-refractivity contribution in [2.24, 2.45) is 11.3 Å². The van der Waals surface area contributed by atoms with Crippen LogP contribution in [0.1, 0.15) is 50.5 Å². The van der Waals surface area contributed by atoms with Crippen molar-refractivity contribution in [3.8, 4) is 0 Å². The van der Waals surface area contributed by atoms with Crippen molar-refractivity contribution >= 4 is 23.2 Å². The molecule has 1 aromatic heterocycles. The van der Waals surface area contributed by atoms with Crippen molar-refractivity contribution in [2.45, 2.75) is 40.0 Å². The van der Waals surface area contributed by atoms with E-state index < -0.39 is 5.97 Å². The van der Waals surface area contributed by atoms with Crippen LogP contribution in [-0.4, -0.2) is 28.5 Å². The van der Waals surface area contributed by atoms with E-state index in [9.17, 15) is 9.59 Å². The van der Waals surface area contributed by atoms with Gasteiger partial charge in [-0.15, -0.1) is 11.3 Å². The van der Waals surface area contributed by atoms with Crippen molar-refractivity contribution < 1.29 is 14.7 Å². The van der Waals surface area contributed by atoms with Crippen LogP contribution >= 0.6 is 11.3 Å². The maximum absolute atomic E-state index is 11.7. The lowest BCUT2D eigenvalue weighted by molar-refractivity contribution is -0.137. The molecule has 5 nitrogen and oxygen atoms in total. The first-order chi connectivity index (χ1) is 9.30. The second-order valence-electron chi connectivity index (χ2n) is 5.91. The number of carboxylic acids is 1. The number of carbonyl (C=O) groups excluding carboxylic acids is 1. The fourth-order valence-electron chi connectivity index (χ4n) is 2.08. The van der Waals surface area contributed by atoms with Crippen LogP contribution in [0.25, 0.3) is 0 Å². The fourth-order valence-corrected chi connectivity index (χ4v) is 2.62. The zero-order valence-corrected chi connectivity index (χ0v) is 13.0. The summed E-state index contributed by atoms with van der Waals surface area (Å²) < 4.78 is 0. The largest absolute Gasteiger partial charge is 0.481 e. The van der Waals surface area contributed by atoms with Gasteiger partial charge in [-0.1, -0.05) is 20.8 Å². The zero-order valence-electron chi connectivity index (χ0n) is 12.2. The highest BCUT2D eigenvalue weighted by Gasteiger charge is 2.25. The smallest absolute Gasteiger partial charge is 0.303 e. The van der Waals surface area contributed by atoms with Gasteiger partial charge in [0.25, 0.3) is 5.91 Å². The molecule has 0 radical (unpaired) electrons. The first-order valence-electron chi connectivity index (χ1n) is 6.69. The lowest BCUT2D eigenvalue weighted by Gasteiger charge is -2.30. The molecule has 0 aromatic carbocycles. The average molecular weight is 298 g/mol. The Morgan fingerprint density at radius 1 is 1.40 bits per heavy atom. The minimum Gasteiger partial charge on any atom is -0.481 e. The van der Waals surface area contributed by atoms with E-state index in [-0.39, 0.29) is 23.7 Å². The third-order valence-corrected chi connectivity index (χ3v) is 3.96. The topological polar surface area (TPSA) is 79.3 Å². The van der Waals surface area contributed by atoms with Gasteiger partial charge < -0.3 is 10.4 Å². The van der Waals surface area contributed by atoms with Gasteiger partial charge in [0.2, 0.25) is 0 Å². The molecule has 0 saturated heterocycles. The molecule has 1 unspecified atom stereocenters. The first kappa shape index (κ1) is 16.6. The average Bonchev–Trinajstić information content (AvgIpc) is 2.84. The molecule has 20 heavy (non-hydrogen) atoms. The van der Waals surface area contributed by atoms with Gasteiger partial charge >= 0.3 is 5.97 Å². The maximum atomic E-state index is 11.7. The summed E-state index contributed by atoms with van der Waals surface area (Å²) in [5, 5.41) is 13.3. The van der Waals surface area contributed by atoms with E-state index in [1.165, 1.54) is 11.3 Å². The van der Waals surface area contributed by atoms with Crippen LogP contribution in [0.15, 0.2) is 10.9 Å². The molecule has 0 saturated carbocycles. The molecule has 1 aromatic rings. The van der Waals surface area contributed by atoms with Gasteiger partial charge in [-0.3, -0.25) is 9.59 Å². The summed E-state index contributed by atoms with van der Waals surface area (Å²) in [6.45, 7) is 6.84. The summed E-state index contributed by atoms with van der Waals surface area (Å²) in [4.78, 5) is 26.4. The van der Waals surface area contributed by atoms with Crippen molar-refractivity contribution in [1.82, 2.24) is 10.3 Å². The molecule has 2 N–H and O–H groups in total. The highest BCUT2D eigenvalue weighted by atomic mass is 32.1. The Labute approximate surface area is 123 Å². The van der Waals surface area contributed by atoms with Gasteiger partial charge in [0, 0.05) is 18.3 Å². The van der Waals surface area contributed by atoms with E-state index in [0.717, 1.165) is 6.42 Å². The number of hydrogen-bond acceptors (Lipinski definition) is 4. The first-order valence-corrected chi connectivity index (χ1v) is 7.63. The van der Waals surface area contributed by atoms with Crippen LogP contribution in [0.5, 0.6) is 0 Å². The molecule has 0 aliphatic heterocycles.